The SMILES string of the molecule is O=NC1CCc2cc(Nc3c(-c4ccccc4C(F)(F)F)oc4cnccc34)ccc21. The van der Waals surface area contributed by atoms with Gasteiger partial charge in [0.25, 0.3) is 0 Å². The van der Waals surface area contributed by atoms with Crippen LogP contribution >= 0.6 is 0 Å². The molecule has 1 aliphatic rings. The monoisotopic (exact) mass is 423 g/mol. The van der Waals surface area contributed by atoms with E-state index >= 15 is 0 Å². The molecular formula is C23H16F3N3O2. The number of nitroso groups, excluding NO2 is 1. The molecule has 1 aliphatic carbocycles. The maximum atomic E-state index is 13.7. The van der Waals surface area contributed by atoms with Gasteiger partial charge in [-0.3, -0.25) is 4.98 Å². The van der Waals surface area contributed by atoms with Gasteiger partial charge in [0, 0.05) is 22.8 Å². The minimum atomic E-state index is -4.53. The zero-order valence-corrected chi connectivity index (χ0v) is 16.1. The number of pyridine rings is 1. The number of fused-ring (bicyclic) bond motifs is 2. The Balaban J connectivity index is 1.65. The number of aromatic nitrogens is 1. The predicted octanol–water partition coefficient (Wildman–Crippen LogP) is 7.01. The third-order valence-electron chi connectivity index (χ3n) is 5.56. The van der Waals surface area contributed by atoms with Crippen molar-refractivity contribution in [3.8, 4) is 11.3 Å². The molecule has 0 bridgehead atoms. The van der Waals surface area contributed by atoms with Crippen molar-refractivity contribution in [1.29, 1.82) is 0 Å². The van der Waals surface area contributed by atoms with Crippen LogP contribution in [0.15, 0.2) is 70.5 Å². The van der Waals surface area contributed by atoms with Gasteiger partial charge in [0.05, 0.1) is 17.4 Å². The number of hydrogen-bond acceptors (Lipinski definition) is 5. The third-order valence-corrected chi connectivity index (χ3v) is 5.56. The molecule has 8 heteroatoms. The molecular weight excluding hydrogens is 407 g/mol. The molecule has 31 heavy (non-hydrogen) atoms. The van der Waals surface area contributed by atoms with Crippen LogP contribution in [0.1, 0.15) is 29.2 Å². The number of alkyl halides is 3. The lowest BCUT2D eigenvalue weighted by Gasteiger charge is -2.14. The number of anilines is 2. The van der Waals surface area contributed by atoms with Crippen molar-refractivity contribution in [3.05, 3.63) is 82.5 Å². The molecule has 2 aromatic carbocycles. The second kappa shape index (κ2) is 7.23. The second-order valence-corrected chi connectivity index (χ2v) is 7.42. The summed E-state index contributed by atoms with van der Waals surface area (Å²) in [5, 5.41) is 7.02. The average molecular weight is 423 g/mol. The van der Waals surface area contributed by atoms with Crippen molar-refractivity contribution < 1.29 is 17.6 Å². The Kier molecular flexibility index (Phi) is 4.50. The lowest BCUT2D eigenvalue weighted by molar-refractivity contribution is -0.137. The Morgan fingerprint density at radius 3 is 2.77 bits per heavy atom. The molecule has 0 saturated heterocycles. The van der Waals surface area contributed by atoms with E-state index in [2.05, 4.69) is 15.5 Å². The number of nitrogens with zero attached hydrogens (tertiary/aromatic N) is 2. The van der Waals surface area contributed by atoms with Crippen LogP contribution in [-0.2, 0) is 12.6 Å². The van der Waals surface area contributed by atoms with E-state index in [0.29, 0.717) is 28.8 Å². The molecule has 5 rings (SSSR count). The van der Waals surface area contributed by atoms with Crippen LogP contribution in [0.25, 0.3) is 22.3 Å². The quantitative estimate of drug-likeness (QED) is 0.359. The van der Waals surface area contributed by atoms with Crippen LogP contribution in [0, 0.1) is 4.91 Å². The summed E-state index contributed by atoms with van der Waals surface area (Å²) in [5.41, 5.74) is 2.56. The molecule has 1 atom stereocenters. The van der Waals surface area contributed by atoms with E-state index < -0.39 is 11.7 Å². The number of rotatable bonds is 4. The third kappa shape index (κ3) is 3.34. The zero-order chi connectivity index (χ0) is 21.6. The molecule has 2 heterocycles. The molecule has 0 fully saturated rings. The summed E-state index contributed by atoms with van der Waals surface area (Å²) in [6, 6.07) is 12.2. The van der Waals surface area contributed by atoms with Crippen molar-refractivity contribution >= 4 is 22.3 Å². The maximum Gasteiger partial charge on any atom is 0.417 e. The van der Waals surface area contributed by atoms with E-state index in [-0.39, 0.29) is 17.4 Å². The van der Waals surface area contributed by atoms with E-state index in [1.807, 2.05) is 12.1 Å². The van der Waals surface area contributed by atoms with Crippen molar-refractivity contribution in [2.24, 2.45) is 5.18 Å². The van der Waals surface area contributed by atoms with Gasteiger partial charge in [-0.1, -0.05) is 29.4 Å². The molecule has 0 saturated carbocycles. The van der Waals surface area contributed by atoms with Gasteiger partial charge < -0.3 is 9.73 Å². The van der Waals surface area contributed by atoms with Crippen LogP contribution < -0.4 is 5.32 Å². The molecule has 2 aromatic heterocycles. The first-order valence-corrected chi connectivity index (χ1v) is 9.71. The van der Waals surface area contributed by atoms with E-state index in [1.165, 1.54) is 18.3 Å². The highest BCUT2D eigenvalue weighted by molar-refractivity contribution is 6.00. The normalized spacial score (nSPS) is 15.8. The van der Waals surface area contributed by atoms with Crippen LogP contribution in [-0.4, -0.2) is 4.98 Å². The Hall–Kier alpha value is -3.68. The van der Waals surface area contributed by atoms with Crippen molar-refractivity contribution in [2.45, 2.75) is 25.1 Å². The highest BCUT2D eigenvalue weighted by atomic mass is 19.4. The second-order valence-electron chi connectivity index (χ2n) is 7.42. The fraction of sp³-hybridized carbons (Fsp3) is 0.174. The number of benzene rings is 2. The van der Waals surface area contributed by atoms with Crippen LogP contribution in [0.3, 0.4) is 0 Å². The number of hydrogen-bond donors (Lipinski definition) is 1. The Morgan fingerprint density at radius 1 is 1.13 bits per heavy atom. The van der Waals surface area contributed by atoms with Crippen LogP contribution in [0.4, 0.5) is 24.5 Å². The largest absolute Gasteiger partial charge is 0.452 e. The Morgan fingerprint density at radius 2 is 1.97 bits per heavy atom. The van der Waals surface area contributed by atoms with Gasteiger partial charge >= 0.3 is 6.18 Å². The number of nitrogens with one attached hydrogen (secondary N) is 1. The lowest BCUT2D eigenvalue weighted by Crippen LogP contribution is -2.07. The van der Waals surface area contributed by atoms with Gasteiger partial charge in [-0.15, -0.1) is 0 Å². The fourth-order valence-electron chi connectivity index (χ4n) is 4.12. The molecule has 1 unspecified atom stereocenters. The lowest BCUT2D eigenvalue weighted by atomic mass is 10.0. The summed E-state index contributed by atoms with van der Waals surface area (Å²) in [5.74, 6) is 0.0869. The number of aryl methyl sites for hydroxylation is 1. The van der Waals surface area contributed by atoms with Gasteiger partial charge in [-0.2, -0.15) is 18.1 Å². The zero-order valence-electron chi connectivity index (χ0n) is 16.1. The summed E-state index contributed by atoms with van der Waals surface area (Å²) in [7, 11) is 0. The van der Waals surface area contributed by atoms with E-state index in [4.69, 9.17) is 4.42 Å². The Bertz CT molecular complexity index is 1300. The summed E-state index contributed by atoms with van der Waals surface area (Å²) in [4.78, 5) is 15.0. The molecule has 0 radical (unpaired) electrons. The molecule has 0 amide bonds. The van der Waals surface area contributed by atoms with E-state index in [0.717, 1.165) is 23.6 Å². The molecule has 0 spiro atoms. The fourth-order valence-corrected chi connectivity index (χ4v) is 4.12. The highest BCUT2D eigenvalue weighted by Gasteiger charge is 2.35. The molecule has 1 N–H and O–H groups in total. The van der Waals surface area contributed by atoms with E-state index in [9.17, 15) is 18.1 Å². The minimum absolute atomic E-state index is 0.0555. The van der Waals surface area contributed by atoms with Gasteiger partial charge in [-0.25, -0.2) is 0 Å². The summed E-state index contributed by atoms with van der Waals surface area (Å²) in [6.07, 6.45) is -0.113. The van der Waals surface area contributed by atoms with Crippen LogP contribution in [0.2, 0.25) is 0 Å². The first-order chi connectivity index (χ1) is 15.0. The minimum Gasteiger partial charge on any atom is -0.452 e. The molecule has 4 aromatic rings. The van der Waals surface area contributed by atoms with Gasteiger partial charge in [0.2, 0.25) is 0 Å². The van der Waals surface area contributed by atoms with Crippen molar-refractivity contribution in [1.82, 2.24) is 4.98 Å². The van der Waals surface area contributed by atoms with Gasteiger partial charge in [0.1, 0.15) is 6.04 Å². The molecule has 5 nitrogen and oxygen atoms in total. The smallest absolute Gasteiger partial charge is 0.417 e. The van der Waals surface area contributed by atoms with Crippen molar-refractivity contribution in [2.75, 3.05) is 5.32 Å². The molecule has 0 aliphatic heterocycles. The number of halogens is 3. The summed E-state index contributed by atoms with van der Waals surface area (Å²) in [6.45, 7) is 0. The predicted molar refractivity (Wildman–Crippen MR) is 111 cm³/mol. The summed E-state index contributed by atoms with van der Waals surface area (Å²) >= 11 is 0. The summed E-state index contributed by atoms with van der Waals surface area (Å²) < 4.78 is 46.8. The molecule has 156 valence electrons. The number of furan rings is 1. The first-order valence-electron chi connectivity index (χ1n) is 9.71. The average Bonchev–Trinajstić information content (AvgIpc) is 3.34. The Labute approximate surface area is 174 Å². The van der Waals surface area contributed by atoms with Crippen molar-refractivity contribution in [3.63, 3.8) is 0 Å². The van der Waals surface area contributed by atoms with Crippen LogP contribution in [0.5, 0.6) is 0 Å². The highest BCUT2D eigenvalue weighted by Crippen LogP contribution is 2.45. The van der Waals surface area contributed by atoms with Gasteiger partial charge in [-0.05, 0) is 48.2 Å². The first kappa shape index (κ1) is 19.3. The maximum absolute atomic E-state index is 13.7. The standard InChI is InChI=1S/C23H16F3N3O2/c24-23(25,26)18-4-2-1-3-16(18)22-21(17-9-10-27-12-20(17)31-22)28-14-6-7-15-13(11-14)5-8-19(15)29-30/h1-4,6-7,9-12,19,28H,5,8H2. The topological polar surface area (TPSA) is 67.5 Å². The van der Waals surface area contributed by atoms with E-state index in [1.54, 1.807) is 24.4 Å². The van der Waals surface area contributed by atoms with Gasteiger partial charge in [0.15, 0.2) is 11.3 Å².